The van der Waals surface area contributed by atoms with Crippen LogP contribution in [0.3, 0.4) is 0 Å². The lowest BCUT2D eigenvalue weighted by Gasteiger charge is -2.19. The molecular formula is C16H16N2O2. The first-order valence-electron chi connectivity index (χ1n) is 6.61. The zero-order valence-electron chi connectivity index (χ0n) is 11.0. The van der Waals surface area contributed by atoms with E-state index in [-0.39, 0.29) is 18.1 Å². The van der Waals surface area contributed by atoms with Crippen LogP contribution in [0.15, 0.2) is 42.5 Å². The molecule has 0 saturated heterocycles. The van der Waals surface area contributed by atoms with Gasteiger partial charge < -0.3 is 15.7 Å². The maximum atomic E-state index is 12.4. The summed E-state index contributed by atoms with van der Waals surface area (Å²) >= 11 is 0. The number of benzene rings is 2. The lowest BCUT2D eigenvalue weighted by Crippen LogP contribution is -2.30. The van der Waals surface area contributed by atoms with E-state index < -0.39 is 0 Å². The third kappa shape index (κ3) is 2.20. The summed E-state index contributed by atoms with van der Waals surface area (Å²) in [5.74, 6) is 0.184. The van der Waals surface area contributed by atoms with Crippen molar-refractivity contribution in [2.45, 2.75) is 12.8 Å². The summed E-state index contributed by atoms with van der Waals surface area (Å²) in [6.45, 7) is 0.668. The van der Waals surface area contributed by atoms with Crippen LogP contribution in [0.2, 0.25) is 0 Å². The number of carbonyl (C=O) groups excluding carboxylic acids is 1. The van der Waals surface area contributed by atoms with Crippen molar-refractivity contribution in [3.63, 3.8) is 0 Å². The fourth-order valence-corrected chi connectivity index (χ4v) is 2.67. The summed E-state index contributed by atoms with van der Waals surface area (Å²) in [7, 11) is 0. The molecule has 3 N–H and O–H groups in total. The number of anilines is 2. The number of fused-ring (bicyclic) bond motifs is 1. The lowest BCUT2D eigenvalue weighted by molar-refractivity contribution is -0.117. The minimum absolute atomic E-state index is 0.00671. The number of nitrogen functional groups attached to an aromatic ring is 1. The number of nitrogens with zero attached hydrogens (tertiary/aromatic N) is 1. The number of phenols is 1. The van der Waals surface area contributed by atoms with E-state index >= 15 is 0 Å². The summed E-state index contributed by atoms with van der Waals surface area (Å²) in [5, 5.41) is 9.45. The fraction of sp³-hybridized carbons (Fsp3) is 0.188. The summed E-state index contributed by atoms with van der Waals surface area (Å²) in [4.78, 5) is 14.2. The van der Waals surface area contributed by atoms with Gasteiger partial charge in [0.05, 0.1) is 17.8 Å². The minimum Gasteiger partial charge on any atom is -0.508 e. The first-order chi connectivity index (χ1) is 9.65. The second-order valence-corrected chi connectivity index (χ2v) is 5.00. The summed E-state index contributed by atoms with van der Waals surface area (Å²) < 4.78 is 0. The number of para-hydroxylation sites is 1. The van der Waals surface area contributed by atoms with E-state index in [1.807, 2.05) is 24.3 Å². The van der Waals surface area contributed by atoms with Gasteiger partial charge in [0.25, 0.3) is 0 Å². The van der Waals surface area contributed by atoms with Gasteiger partial charge in [0.1, 0.15) is 5.75 Å². The molecule has 20 heavy (non-hydrogen) atoms. The average molecular weight is 268 g/mol. The smallest absolute Gasteiger partial charge is 0.231 e. The third-order valence-electron chi connectivity index (χ3n) is 3.59. The van der Waals surface area contributed by atoms with Crippen LogP contribution in [0.25, 0.3) is 0 Å². The molecule has 0 atom stereocenters. The van der Waals surface area contributed by atoms with Crippen LogP contribution in [0.1, 0.15) is 11.1 Å². The number of hydrogen-bond acceptors (Lipinski definition) is 3. The van der Waals surface area contributed by atoms with E-state index in [1.165, 1.54) is 0 Å². The number of phenolic OH excluding ortho intramolecular Hbond substituents is 1. The van der Waals surface area contributed by atoms with Crippen molar-refractivity contribution in [2.75, 3.05) is 17.2 Å². The molecule has 0 fully saturated rings. The molecule has 2 aromatic carbocycles. The molecule has 0 spiro atoms. The average Bonchev–Trinajstić information content (AvgIpc) is 2.84. The van der Waals surface area contributed by atoms with E-state index in [0.717, 1.165) is 23.2 Å². The zero-order chi connectivity index (χ0) is 14.1. The second-order valence-electron chi connectivity index (χ2n) is 5.00. The molecule has 1 heterocycles. The molecule has 2 aromatic rings. The molecule has 0 unspecified atom stereocenters. The van der Waals surface area contributed by atoms with Crippen molar-refractivity contribution in [3.05, 3.63) is 53.6 Å². The van der Waals surface area contributed by atoms with Gasteiger partial charge in [-0.05, 0) is 35.7 Å². The molecule has 3 rings (SSSR count). The highest BCUT2D eigenvalue weighted by atomic mass is 16.3. The van der Waals surface area contributed by atoms with Crippen molar-refractivity contribution >= 4 is 17.3 Å². The molecule has 1 aliphatic rings. The van der Waals surface area contributed by atoms with Crippen molar-refractivity contribution < 1.29 is 9.90 Å². The van der Waals surface area contributed by atoms with Gasteiger partial charge in [0, 0.05) is 6.54 Å². The number of aromatic hydroxyl groups is 1. The van der Waals surface area contributed by atoms with Crippen LogP contribution in [0.5, 0.6) is 5.75 Å². The Balaban J connectivity index is 1.84. The van der Waals surface area contributed by atoms with Crippen molar-refractivity contribution in [2.24, 2.45) is 0 Å². The van der Waals surface area contributed by atoms with Gasteiger partial charge in [-0.1, -0.05) is 24.3 Å². The Morgan fingerprint density at radius 1 is 1.25 bits per heavy atom. The van der Waals surface area contributed by atoms with E-state index in [9.17, 15) is 9.90 Å². The van der Waals surface area contributed by atoms with Crippen molar-refractivity contribution in [3.8, 4) is 5.75 Å². The predicted octanol–water partition coefficient (Wildman–Crippen LogP) is 2.11. The van der Waals surface area contributed by atoms with Gasteiger partial charge in [0.15, 0.2) is 0 Å². The molecule has 102 valence electrons. The first kappa shape index (κ1) is 12.5. The summed E-state index contributed by atoms with van der Waals surface area (Å²) in [6.07, 6.45) is 1.11. The molecule has 4 heteroatoms. The van der Waals surface area contributed by atoms with E-state index in [0.29, 0.717) is 12.2 Å². The summed E-state index contributed by atoms with van der Waals surface area (Å²) in [6, 6.07) is 12.5. The Labute approximate surface area is 117 Å². The molecular weight excluding hydrogens is 252 g/mol. The topological polar surface area (TPSA) is 66.6 Å². The number of rotatable bonds is 2. The van der Waals surface area contributed by atoms with Crippen molar-refractivity contribution in [1.29, 1.82) is 0 Å². The lowest BCUT2D eigenvalue weighted by atomic mass is 10.1. The van der Waals surface area contributed by atoms with E-state index in [2.05, 4.69) is 0 Å². The molecule has 0 aromatic heterocycles. The zero-order valence-corrected chi connectivity index (χ0v) is 11.0. The van der Waals surface area contributed by atoms with Crippen LogP contribution < -0.4 is 10.6 Å². The largest absolute Gasteiger partial charge is 0.508 e. The van der Waals surface area contributed by atoms with Gasteiger partial charge in [-0.15, -0.1) is 0 Å². The van der Waals surface area contributed by atoms with Crippen LogP contribution in [-0.2, 0) is 17.6 Å². The Bertz CT molecular complexity index is 667. The highest BCUT2D eigenvalue weighted by molar-refractivity contribution is 5.99. The Kier molecular flexibility index (Phi) is 3.06. The number of nitrogens with two attached hydrogens (primary N) is 1. The monoisotopic (exact) mass is 268 g/mol. The van der Waals surface area contributed by atoms with Gasteiger partial charge >= 0.3 is 0 Å². The quantitative estimate of drug-likeness (QED) is 0.820. The normalized spacial score (nSPS) is 13.3. The molecule has 0 aliphatic carbocycles. The SMILES string of the molecule is Nc1cccc2c1N(C(=O)Cc1cccc(O)c1)CC2. The van der Waals surface area contributed by atoms with Crippen molar-refractivity contribution in [1.82, 2.24) is 0 Å². The maximum Gasteiger partial charge on any atom is 0.231 e. The number of amides is 1. The minimum atomic E-state index is 0.00671. The standard InChI is InChI=1S/C16H16N2O2/c17-14-6-2-4-12-7-8-18(16(12)14)15(20)10-11-3-1-5-13(19)9-11/h1-6,9,19H,7-8,10,17H2. The molecule has 4 nitrogen and oxygen atoms in total. The van der Waals surface area contributed by atoms with Gasteiger partial charge in [-0.3, -0.25) is 4.79 Å². The Morgan fingerprint density at radius 3 is 2.85 bits per heavy atom. The molecule has 0 saturated carbocycles. The second kappa shape index (κ2) is 4.89. The van der Waals surface area contributed by atoms with Crippen LogP contribution in [0, 0.1) is 0 Å². The Morgan fingerprint density at radius 2 is 2.05 bits per heavy atom. The molecule has 0 bridgehead atoms. The van der Waals surface area contributed by atoms with E-state index in [4.69, 9.17) is 5.73 Å². The highest BCUT2D eigenvalue weighted by Gasteiger charge is 2.26. The van der Waals surface area contributed by atoms with Gasteiger partial charge in [-0.25, -0.2) is 0 Å². The highest BCUT2D eigenvalue weighted by Crippen LogP contribution is 2.34. The molecule has 1 amide bonds. The van der Waals surface area contributed by atoms with Crippen LogP contribution >= 0.6 is 0 Å². The van der Waals surface area contributed by atoms with Crippen LogP contribution in [0.4, 0.5) is 11.4 Å². The Hall–Kier alpha value is -2.49. The van der Waals surface area contributed by atoms with E-state index in [1.54, 1.807) is 23.1 Å². The molecule has 0 radical (unpaired) electrons. The maximum absolute atomic E-state index is 12.4. The summed E-state index contributed by atoms with van der Waals surface area (Å²) in [5.41, 5.74) is 9.39. The predicted molar refractivity (Wildman–Crippen MR) is 78.7 cm³/mol. The number of hydrogen-bond donors (Lipinski definition) is 2. The molecule has 1 aliphatic heterocycles. The van der Waals surface area contributed by atoms with Crippen LogP contribution in [-0.4, -0.2) is 17.6 Å². The van der Waals surface area contributed by atoms with Gasteiger partial charge in [-0.2, -0.15) is 0 Å². The first-order valence-corrected chi connectivity index (χ1v) is 6.61. The van der Waals surface area contributed by atoms with Gasteiger partial charge in [0.2, 0.25) is 5.91 Å². The third-order valence-corrected chi connectivity index (χ3v) is 3.59. The fourth-order valence-electron chi connectivity index (χ4n) is 2.67. The number of carbonyl (C=O) groups is 1.